The van der Waals surface area contributed by atoms with Gasteiger partial charge in [-0.2, -0.15) is 0 Å². The summed E-state index contributed by atoms with van der Waals surface area (Å²) in [6.45, 7) is 3.57. The van der Waals surface area contributed by atoms with Gasteiger partial charge in [-0.05, 0) is 41.3 Å². The van der Waals surface area contributed by atoms with Gasteiger partial charge in [0.25, 0.3) is 0 Å². The van der Waals surface area contributed by atoms with Crippen molar-refractivity contribution >= 4 is 5.97 Å². The maximum atomic E-state index is 11.5. The fraction of sp³-hybridized carbons (Fsp3) is 0.364. The van der Waals surface area contributed by atoms with Crippen LogP contribution in [0.1, 0.15) is 22.6 Å². The molecule has 0 bridgehead atoms. The first-order valence-corrected chi connectivity index (χ1v) is 9.30. The van der Waals surface area contributed by atoms with E-state index in [0.717, 1.165) is 11.1 Å². The predicted octanol–water partition coefficient (Wildman–Crippen LogP) is 2.00. The Hall–Kier alpha value is -1.76. The Morgan fingerprint density at radius 1 is 0.967 bits per heavy atom. The van der Waals surface area contributed by atoms with Crippen molar-refractivity contribution in [3.63, 3.8) is 0 Å². The Morgan fingerprint density at radius 2 is 1.57 bits per heavy atom. The van der Waals surface area contributed by atoms with Crippen molar-refractivity contribution in [1.82, 2.24) is 0 Å². The van der Waals surface area contributed by atoms with Gasteiger partial charge in [0.2, 0.25) is 0 Å². The molecule has 2 rings (SSSR count). The molecule has 0 spiro atoms. The minimum Gasteiger partial charge on any atom is -0.494 e. The Kier molecular flexibility index (Phi) is 12.5. The monoisotopic (exact) mass is 587 g/mol. The van der Waals surface area contributed by atoms with E-state index in [1.54, 1.807) is 12.1 Å². The van der Waals surface area contributed by atoms with Crippen molar-refractivity contribution in [3.05, 3.63) is 72.1 Å². The molecule has 0 heterocycles. The Labute approximate surface area is 190 Å². The number of aliphatic carboxylic acids is 1. The van der Waals surface area contributed by atoms with Crippen molar-refractivity contribution in [2.45, 2.75) is 18.4 Å². The molecular formula is C22H27O7W-. The van der Waals surface area contributed by atoms with E-state index in [9.17, 15) is 9.90 Å². The van der Waals surface area contributed by atoms with E-state index in [1.807, 2.05) is 36.4 Å². The smallest absolute Gasteiger partial charge is 0.313 e. The third-order valence-corrected chi connectivity index (χ3v) is 4.14. The molecule has 0 aromatic heterocycles. The van der Waals surface area contributed by atoms with E-state index < -0.39 is 18.0 Å². The Bertz CT molecular complexity index is 732. The number of hydrogen-bond acceptors (Lipinski definition) is 6. The first-order chi connectivity index (χ1) is 14.0. The fourth-order valence-corrected chi connectivity index (χ4v) is 2.66. The summed E-state index contributed by atoms with van der Waals surface area (Å²) in [5.74, 6) is -1.09. The summed E-state index contributed by atoms with van der Waals surface area (Å²) in [5, 5.41) is 27.2. The van der Waals surface area contributed by atoms with Crippen LogP contribution >= 0.6 is 0 Å². The van der Waals surface area contributed by atoms with Crippen molar-refractivity contribution < 1.29 is 55.4 Å². The van der Waals surface area contributed by atoms with E-state index in [0.29, 0.717) is 17.7 Å². The molecule has 0 aliphatic heterocycles. The number of aliphatic hydroxyl groups is 2. The van der Waals surface area contributed by atoms with Crippen LogP contribution in [0.5, 0.6) is 5.75 Å². The largest absolute Gasteiger partial charge is 0.494 e. The Balaban J connectivity index is 0.00000450. The van der Waals surface area contributed by atoms with Gasteiger partial charge in [0.05, 0.1) is 26.4 Å². The molecule has 0 aliphatic carbocycles. The number of aliphatic hydroxyl groups excluding tert-OH is 2. The van der Waals surface area contributed by atoms with Gasteiger partial charge in [0.15, 0.2) is 0 Å². The first-order valence-electron chi connectivity index (χ1n) is 9.30. The van der Waals surface area contributed by atoms with Crippen LogP contribution in [0.2, 0.25) is 0 Å². The molecule has 0 saturated heterocycles. The molecule has 2 aromatic carbocycles. The third kappa shape index (κ3) is 9.37. The second kappa shape index (κ2) is 14.3. The molecule has 3 N–H and O–H groups in total. The average Bonchev–Trinajstić information content (AvgIpc) is 2.71. The van der Waals surface area contributed by atoms with Crippen LogP contribution < -0.4 is 4.74 Å². The van der Waals surface area contributed by atoms with Crippen molar-refractivity contribution in [2.24, 2.45) is 0 Å². The number of benzene rings is 2. The van der Waals surface area contributed by atoms with Gasteiger partial charge >= 0.3 is 5.97 Å². The van der Waals surface area contributed by atoms with E-state index in [2.05, 4.69) is 6.92 Å². The molecule has 7 nitrogen and oxygen atoms in total. The normalized spacial score (nSPS) is 12.6. The summed E-state index contributed by atoms with van der Waals surface area (Å²) in [6, 6.07) is 14.9. The number of carbonyl (C=O) groups is 1. The van der Waals surface area contributed by atoms with E-state index in [4.69, 9.17) is 24.4 Å². The molecule has 164 valence electrons. The summed E-state index contributed by atoms with van der Waals surface area (Å²) >= 11 is 0. The summed E-state index contributed by atoms with van der Waals surface area (Å²) in [4.78, 5) is 11.5. The van der Waals surface area contributed by atoms with Gasteiger partial charge in [0.1, 0.15) is 18.5 Å². The van der Waals surface area contributed by atoms with Crippen LogP contribution in [0.4, 0.5) is 0 Å². The van der Waals surface area contributed by atoms with E-state index in [-0.39, 0.29) is 54.3 Å². The average molecular weight is 587 g/mol. The molecule has 0 saturated carbocycles. The van der Waals surface area contributed by atoms with Gasteiger partial charge in [0, 0.05) is 21.1 Å². The summed E-state index contributed by atoms with van der Waals surface area (Å²) in [7, 11) is 0. The molecule has 8 heteroatoms. The van der Waals surface area contributed by atoms with Gasteiger partial charge in [-0.3, -0.25) is 4.79 Å². The quantitative estimate of drug-likeness (QED) is 0.187. The maximum Gasteiger partial charge on any atom is 0.313 e. The first kappa shape index (κ1) is 26.3. The van der Waals surface area contributed by atoms with Gasteiger partial charge in [-0.15, -0.1) is 0 Å². The molecule has 2 aromatic rings. The van der Waals surface area contributed by atoms with Crippen LogP contribution in [0.25, 0.3) is 0 Å². The van der Waals surface area contributed by atoms with Crippen molar-refractivity contribution in [3.8, 4) is 5.75 Å². The predicted molar refractivity (Wildman–Crippen MR) is 107 cm³/mol. The van der Waals surface area contributed by atoms with Gasteiger partial charge in [-0.1, -0.05) is 36.4 Å². The van der Waals surface area contributed by atoms with Crippen molar-refractivity contribution in [2.75, 3.05) is 33.2 Å². The van der Waals surface area contributed by atoms with Crippen molar-refractivity contribution in [1.29, 1.82) is 0 Å². The van der Waals surface area contributed by atoms with Crippen LogP contribution in [0.3, 0.4) is 0 Å². The zero-order valence-electron chi connectivity index (χ0n) is 16.6. The number of ether oxygens (including phenoxy) is 3. The number of hydrogen-bond donors (Lipinski definition) is 3. The van der Waals surface area contributed by atoms with E-state index in [1.165, 1.54) is 0 Å². The summed E-state index contributed by atoms with van der Waals surface area (Å²) in [6.07, 6.45) is -0.0665. The SMILES string of the molecule is [CH2-]C(O)COc1ccc(Cc2ccc(C(COCOCCO)C(=O)O)cc2)cc1.[W]. The number of rotatable bonds is 13. The van der Waals surface area contributed by atoms with Crippen LogP contribution in [-0.4, -0.2) is 60.6 Å². The minimum absolute atomic E-state index is 0. The van der Waals surface area contributed by atoms with Gasteiger partial charge in [-0.25, -0.2) is 0 Å². The standard InChI is InChI=1S/C22H27O7.W/c1-16(24)13-29-20-8-4-18(5-9-20)12-17-2-6-19(7-3-17)21(22(25)26)14-28-15-27-11-10-23;/h2-9,16,21,23-24H,1,10-15H2,(H,25,26);/q-1;. The zero-order valence-corrected chi connectivity index (χ0v) is 19.5. The maximum absolute atomic E-state index is 11.5. The molecule has 0 amide bonds. The van der Waals surface area contributed by atoms with Crippen LogP contribution in [0.15, 0.2) is 48.5 Å². The van der Waals surface area contributed by atoms with Gasteiger partial charge < -0.3 is 36.5 Å². The molecule has 30 heavy (non-hydrogen) atoms. The topological polar surface area (TPSA) is 105 Å². The van der Waals surface area contributed by atoms with Crippen LogP contribution in [-0.2, 0) is 41.8 Å². The summed E-state index contributed by atoms with van der Waals surface area (Å²) < 4.78 is 15.6. The van der Waals surface area contributed by atoms with Crippen LogP contribution in [0, 0.1) is 6.92 Å². The molecule has 0 aliphatic rings. The third-order valence-electron chi connectivity index (χ3n) is 4.14. The molecule has 0 fully saturated rings. The minimum atomic E-state index is -0.970. The molecule has 0 radical (unpaired) electrons. The second-order valence-corrected chi connectivity index (χ2v) is 6.54. The molecular weight excluding hydrogens is 560 g/mol. The second-order valence-electron chi connectivity index (χ2n) is 6.54. The molecule has 2 atom stereocenters. The number of carboxylic acids is 1. The van der Waals surface area contributed by atoms with E-state index >= 15 is 0 Å². The summed E-state index contributed by atoms with van der Waals surface area (Å²) in [5.41, 5.74) is 2.78. The molecule has 2 unspecified atom stereocenters. The fourth-order valence-electron chi connectivity index (χ4n) is 2.66. The Morgan fingerprint density at radius 3 is 2.10 bits per heavy atom. The zero-order chi connectivity index (χ0) is 21.1. The number of carboxylic acid groups (broad SMARTS) is 1.